The Morgan fingerprint density at radius 3 is 2.38 bits per heavy atom. The summed E-state index contributed by atoms with van der Waals surface area (Å²) in [4.78, 5) is 26.3. The van der Waals surface area contributed by atoms with Crippen LogP contribution in [0.1, 0.15) is 28.2 Å². The molecule has 5 aromatic rings. The zero-order chi connectivity index (χ0) is 23.2. The fourth-order valence-corrected chi connectivity index (χ4v) is 4.76. The molecule has 3 N–H and O–H groups in total. The first kappa shape index (κ1) is 20.1. The van der Waals surface area contributed by atoms with Crippen molar-refractivity contribution in [3.8, 4) is 5.75 Å². The van der Waals surface area contributed by atoms with E-state index in [1.807, 2.05) is 78.9 Å². The second kappa shape index (κ2) is 7.81. The van der Waals surface area contributed by atoms with Crippen LogP contribution in [0.3, 0.4) is 0 Å². The van der Waals surface area contributed by atoms with E-state index in [2.05, 4.69) is 15.5 Å². The molecule has 0 saturated carbocycles. The lowest BCUT2D eigenvalue weighted by atomic mass is 9.82. The molecule has 0 unspecified atom stereocenters. The van der Waals surface area contributed by atoms with Crippen LogP contribution in [0.4, 0.5) is 11.5 Å². The first-order chi connectivity index (χ1) is 16.6. The normalized spacial score (nSPS) is 14.3. The summed E-state index contributed by atoms with van der Waals surface area (Å²) in [5.41, 5.74) is 4.12. The summed E-state index contributed by atoms with van der Waals surface area (Å²) in [5.74, 6) is 0.773. The molecular formula is C27H22N4O3. The molecular weight excluding hydrogens is 428 g/mol. The molecule has 0 spiro atoms. The van der Waals surface area contributed by atoms with Crippen LogP contribution in [0.5, 0.6) is 5.75 Å². The zero-order valence-corrected chi connectivity index (χ0v) is 18.5. The Morgan fingerprint density at radius 2 is 1.59 bits per heavy atom. The van der Waals surface area contributed by atoms with E-state index in [0.717, 1.165) is 33.5 Å². The van der Waals surface area contributed by atoms with Crippen molar-refractivity contribution in [1.29, 1.82) is 0 Å². The second-order valence-electron chi connectivity index (χ2n) is 8.44. The van der Waals surface area contributed by atoms with Gasteiger partial charge in [-0.3, -0.25) is 19.8 Å². The summed E-state index contributed by atoms with van der Waals surface area (Å²) in [6.45, 7) is 0.463. The molecule has 3 aromatic carbocycles. The van der Waals surface area contributed by atoms with Gasteiger partial charge in [0.05, 0.1) is 28.2 Å². The highest BCUT2D eigenvalue weighted by molar-refractivity contribution is 5.97. The molecule has 0 radical (unpaired) electrons. The number of benzene rings is 3. The smallest absolute Gasteiger partial charge is 0.270 e. The number of pyridine rings is 1. The molecule has 1 aliphatic rings. The fourth-order valence-electron chi connectivity index (χ4n) is 4.76. The van der Waals surface area contributed by atoms with Gasteiger partial charge in [-0.25, -0.2) is 0 Å². The van der Waals surface area contributed by atoms with E-state index < -0.39 is 5.92 Å². The summed E-state index contributed by atoms with van der Waals surface area (Å²) < 4.78 is 7.58. The van der Waals surface area contributed by atoms with E-state index in [1.165, 1.54) is 0 Å². The maximum absolute atomic E-state index is 13.6. The molecule has 0 saturated heterocycles. The quantitative estimate of drug-likeness (QED) is 0.372. The first-order valence-electron chi connectivity index (χ1n) is 11.1. The van der Waals surface area contributed by atoms with Crippen LogP contribution < -0.4 is 21.2 Å². The number of para-hydroxylation sites is 1. The summed E-state index contributed by atoms with van der Waals surface area (Å²) in [6.07, 6.45) is 0. The van der Waals surface area contributed by atoms with Gasteiger partial charge < -0.3 is 14.6 Å². The molecule has 0 aliphatic carbocycles. The predicted molar refractivity (Wildman–Crippen MR) is 132 cm³/mol. The predicted octanol–water partition coefficient (Wildman–Crippen LogP) is 4.37. The Bertz CT molecular complexity index is 1630. The van der Waals surface area contributed by atoms with Gasteiger partial charge in [-0.05, 0) is 29.3 Å². The van der Waals surface area contributed by atoms with Crippen LogP contribution in [-0.4, -0.2) is 14.8 Å². The van der Waals surface area contributed by atoms with E-state index >= 15 is 0 Å². The third-order valence-electron chi connectivity index (χ3n) is 6.44. The number of rotatable bonds is 4. The monoisotopic (exact) mass is 450 g/mol. The van der Waals surface area contributed by atoms with Gasteiger partial charge in [0, 0.05) is 12.4 Å². The van der Waals surface area contributed by atoms with Gasteiger partial charge in [-0.2, -0.15) is 0 Å². The Morgan fingerprint density at radius 1 is 0.853 bits per heavy atom. The van der Waals surface area contributed by atoms with E-state index in [4.69, 9.17) is 4.74 Å². The molecule has 7 heteroatoms. The summed E-state index contributed by atoms with van der Waals surface area (Å²) in [5, 5.41) is 9.82. The van der Waals surface area contributed by atoms with Gasteiger partial charge >= 0.3 is 0 Å². The van der Waals surface area contributed by atoms with Crippen molar-refractivity contribution in [1.82, 2.24) is 14.8 Å². The molecule has 1 aliphatic heterocycles. The SMILES string of the molecule is Cn1c(=O)c2c(c3ccccc31)Nc1[nH][nH]c(=O)c1[C@H]2c1ccc(OCc2ccccc2)cc1. The molecule has 1 atom stereocenters. The fraction of sp³-hybridized carbons (Fsp3) is 0.111. The van der Waals surface area contributed by atoms with Crippen LogP contribution in [0.25, 0.3) is 10.9 Å². The van der Waals surface area contributed by atoms with Crippen molar-refractivity contribution in [2.45, 2.75) is 12.5 Å². The largest absolute Gasteiger partial charge is 0.489 e. The van der Waals surface area contributed by atoms with E-state index in [9.17, 15) is 9.59 Å². The lowest BCUT2D eigenvalue weighted by molar-refractivity contribution is 0.306. The highest BCUT2D eigenvalue weighted by atomic mass is 16.5. The molecule has 0 fully saturated rings. The summed E-state index contributed by atoms with van der Waals surface area (Å²) in [6, 6.07) is 25.3. The van der Waals surface area contributed by atoms with Gasteiger partial charge in [0.1, 0.15) is 18.2 Å². The number of aromatic amines is 2. The van der Waals surface area contributed by atoms with Crippen LogP contribution in [-0.2, 0) is 13.7 Å². The molecule has 168 valence electrons. The Hall–Kier alpha value is -4.52. The lowest BCUT2D eigenvalue weighted by Crippen LogP contribution is -2.30. The van der Waals surface area contributed by atoms with Gasteiger partial charge in [0.15, 0.2) is 0 Å². The van der Waals surface area contributed by atoms with Crippen LogP contribution >= 0.6 is 0 Å². The average Bonchev–Trinajstić information content (AvgIpc) is 3.26. The zero-order valence-electron chi connectivity index (χ0n) is 18.5. The number of hydrogen-bond acceptors (Lipinski definition) is 4. The minimum atomic E-state index is -0.521. The second-order valence-corrected chi connectivity index (χ2v) is 8.44. The Labute approximate surface area is 194 Å². The van der Waals surface area contributed by atoms with Gasteiger partial charge in [-0.1, -0.05) is 60.7 Å². The number of aromatic nitrogens is 3. The Kier molecular flexibility index (Phi) is 4.62. The van der Waals surface area contributed by atoms with Crippen LogP contribution in [0.2, 0.25) is 0 Å². The Balaban J connectivity index is 1.46. The number of anilines is 2. The molecule has 0 amide bonds. The number of ether oxygens (including phenoxy) is 1. The number of fused-ring (bicyclic) bond motifs is 4. The van der Waals surface area contributed by atoms with E-state index in [1.54, 1.807) is 11.6 Å². The maximum atomic E-state index is 13.6. The third-order valence-corrected chi connectivity index (χ3v) is 6.44. The van der Waals surface area contributed by atoms with Crippen molar-refractivity contribution in [2.24, 2.45) is 7.05 Å². The van der Waals surface area contributed by atoms with E-state index in [-0.39, 0.29) is 11.1 Å². The standard InChI is InChI=1S/C27H22N4O3/c1-31-20-10-6-5-9-19(20)24-22(27(31)33)21(23-25(28-24)29-30-26(23)32)17-11-13-18(14-12-17)34-15-16-7-3-2-4-8-16/h2-14,21H,15H2,1H3,(H3,28,29,30,32)/t21-/m0/s1. The highest BCUT2D eigenvalue weighted by Crippen LogP contribution is 2.43. The van der Waals surface area contributed by atoms with Crippen LogP contribution in [0.15, 0.2) is 88.5 Å². The number of nitrogens with zero attached hydrogens (tertiary/aromatic N) is 1. The topological polar surface area (TPSA) is 91.9 Å². The minimum absolute atomic E-state index is 0.137. The molecule has 2 aromatic heterocycles. The van der Waals surface area contributed by atoms with Crippen molar-refractivity contribution >= 4 is 22.4 Å². The first-order valence-corrected chi connectivity index (χ1v) is 11.1. The van der Waals surface area contributed by atoms with Crippen molar-refractivity contribution in [2.75, 3.05) is 5.32 Å². The number of aryl methyl sites for hydroxylation is 1. The number of nitrogens with one attached hydrogen (secondary N) is 3. The minimum Gasteiger partial charge on any atom is -0.489 e. The lowest BCUT2D eigenvalue weighted by Gasteiger charge is -2.27. The molecule has 34 heavy (non-hydrogen) atoms. The maximum Gasteiger partial charge on any atom is 0.270 e. The number of hydrogen-bond donors (Lipinski definition) is 3. The van der Waals surface area contributed by atoms with Crippen molar-refractivity contribution in [3.63, 3.8) is 0 Å². The van der Waals surface area contributed by atoms with E-state index in [0.29, 0.717) is 23.6 Å². The molecule has 3 heterocycles. The third kappa shape index (κ3) is 3.13. The number of H-pyrrole nitrogens is 2. The van der Waals surface area contributed by atoms with Gasteiger partial charge in [0.25, 0.3) is 11.1 Å². The van der Waals surface area contributed by atoms with Crippen LogP contribution in [0, 0.1) is 0 Å². The van der Waals surface area contributed by atoms with Crippen molar-refractivity contribution in [3.05, 3.63) is 122 Å². The van der Waals surface area contributed by atoms with Gasteiger partial charge in [-0.15, -0.1) is 0 Å². The molecule has 6 rings (SSSR count). The molecule has 7 nitrogen and oxygen atoms in total. The summed E-state index contributed by atoms with van der Waals surface area (Å²) >= 11 is 0. The summed E-state index contributed by atoms with van der Waals surface area (Å²) in [7, 11) is 1.76. The van der Waals surface area contributed by atoms with Crippen molar-refractivity contribution < 1.29 is 4.74 Å². The average molecular weight is 450 g/mol. The van der Waals surface area contributed by atoms with Gasteiger partial charge in [0.2, 0.25) is 0 Å². The molecule has 0 bridgehead atoms. The highest BCUT2D eigenvalue weighted by Gasteiger charge is 2.35.